The largest absolute Gasteiger partial charge is 0.221 e. The predicted molar refractivity (Wildman–Crippen MR) is 89.9 cm³/mol. The highest BCUT2D eigenvalue weighted by Crippen LogP contribution is 2.37. The van der Waals surface area contributed by atoms with Gasteiger partial charge in [0, 0.05) is 11.3 Å². The molecule has 0 unspecified atom stereocenters. The van der Waals surface area contributed by atoms with Gasteiger partial charge in [0.25, 0.3) is 0 Å². The molecular formula is C17H15N5S. The molecule has 5 rings (SSSR count). The van der Waals surface area contributed by atoms with Crippen LogP contribution in [0.25, 0.3) is 15.9 Å². The SMILES string of the molecule is c1ccc(Cc2nc3sc4c(c3c3nnnn23)CCCC4)cc1. The summed E-state index contributed by atoms with van der Waals surface area (Å²) in [6.07, 6.45) is 5.55. The van der Waals surface area contributed by atoms with Crippen molar-refractivity contribution in [2.45, 2.75) is 32.1 Å². The van der Waals surface area contributed by atoms with Crippen LogP contribution in [0.5, 0.6) is 0 Å². The van der Waals surface area contributed by atoms with Gasteiger partial charge in [-0.1, -0.05) is 30.3 Å². The van der Waals surface area contributed by atoms with E-state index in [0.717, 1.165) is 35.6 Å². The minimum absolute atomic E-state index is 0.737. The average Bonchev–Trinajstić information content (AvgIpc) is 3.19. The number of fused-ring (bicyclic) bond motifs is 5. The van der Waals surface area contributed by atoms with Gasteiger partial charge in [0.1, 0.15) is 10.7 Å². The van der Waals surface area contributed by atoms with Gasteiger partial charge in [-0.3, -0.25) is 0 Å². The molecule has 0 N–H and O–H groups in total. The van der Waals surface area contributed by atoms with Gasteiger partial charge >= 0.3 is 0 Å². The van der Waals surface area contributed by atoms with E-state index < -0.39 is 0 Å². The third-order valence-corrected chi connectivity index (χ3v) is 5.71. The summed E-state index contributed by atoms with van der Waals surface area (Å²) in [5.74, 6) is 0.905. The van der Waals surface area contributed by atoms with Gasteiger partial charge in [0.15, 0.2) is 5.65 Å². The maximum absolute atomic E-state index is 4.91. The lowest BCUT2D eigenvalue weighted by Gasteiger charge is -2.10. The van der Waals surface area contributed by atoms with Gasteiger partial charge in [-0.25, -0.2) is 4.98 Å². The Bertz CT molecular complexity index is 1000. The zero-order valence-corrected chi connectivity index (χ0v) is 13.4. The number of rotatable bonds is 2. The van der Waals surface area contributed by atoms with Crippen LogP contribution in [0.1, 0.15) is 34.7 Å². The van der Waals surface area contributed by atoms with E-state index in [9.17, 15) is 0 Å². The van der Waals surface area contributed by atoms with Crippen LogP contribution in [0.15, 0.2) is 30.3 Å². The van der Waals surface area contributed by atoms with Gasteiger partial charge in [0.05, 0.1) is 5.39 Å². The van der Waals surface area contributed by atoms with E-state index in [1.54, 1.807) is 0 Å². The zero-order valence-electron chi connectivity index (χ0n) is 12.6. The molecule has 0 aliphatic heterocycles. The Kier molecular flexibility index (Phi) is 2.91. The van der Waals surface area contributed by atoms with Crippen molar-refractivity contribution in [1.82, 2.24) is 25.0 Å². The lowest BCUT2D eigenvalue weighted by molar-refractivity contribution is 0.700. The molecule has 0 bridgehead atoms. The standard InChI is InChI=1S/C17H15N5S/c1-2-6-11(7-3-1)10-14-18-17-15(16-19-20-21-22(14)16)12-8-4-5-9-13(12)23-17/h1-3,6-7H,4-5,8-10H2. The molecule has 114 valence electrons. The van der Waals surface area contributed by atoms with Crippen molar-refractivity contribution in [2.24, 2.45) is 0 Å². The van der Waals surface area contributed by atoms with Crippen molar-refractivity contribution in [3.8, 4) is 0 Å². The lowest BCUT2D eigenvalue weighted by atomic mass is 9.97. The van der Waals surface area contributed by atoms with Crippen LogP contribution in [0, 0.1) is 0 Å². The summed E-state index contributed by atoms with van der Waals surface area (Å²) in [5.41, 5.74) is 3.51. The number of nitrogens with zero attached hydrogens (tertiary/aromatic N) is 5. The molecule has 1 aliphatic rings. The van der Waals surface area contributed by atoms with E-state index in [4.69, 9.17) is 4.98 Å². The molecule has 0 amide bonds. The maximum Gasteiger partial charge on any atom is 0.191 e. The molecule has 3 heterocycles. The number of aryl methyl sites for hydroxylation is 2. The molecule has 3 aromatic heterocycles. The van der Waals surface area contributed by atoms with E-state index in [1.165, 1.54) is 34.2 Å². The molecule has 6 heteroatoms. The summed E-state index contributed by atoms with van der Waals surface area (Å²) in [7, 11) is 0. The number of hydrogen-bond acceptors (Lipinski definition) is 5. The number of tetrazole rings is 1. The third kappa shape index (κ3) is 2.05. The minimum atomic E-state index is 0.737. The maximum atomic E-state index is 4.91. The van der Waals surface area contributed by atoms with Crippen molar-refractivity contribution < 1.29 is 0 Å². The van der Waals surface area contributed by atoms with Crippen molar-refractivity contribution in [1.29, 1.82) is 0 Å². The van der Waals surface area contributed by atoms with Crippen molar-refractivity contribution in [2.75, 3.05) is 0 Å². The molecule has 5 nitrogen and oxygen atoms in total. The predicted octanol–water partition coefficient (Wildman–Crippen LogP) is 3.20. The third-order valence-electron chi connectivity index (χ3n) is 4.53. The van der Waals surface area contributed by atoms with E-state index in [0.29, 0.717) is 0 Å². The highest BCUT2D eigenvalue weighted by molar-refractivity contribution is 7.19. The number of hydrogen-bond donors (Lipinski definition) is 0. The van der Waals surface area contributed by atoms with E-state index in [2.05, 4.69) is 39.8 Å². The van der Waals surface area contributed by atoms with Gasteiger partial charge in [-0.2, -0.15) is 4.52 Å². The molecule has 0 radical (unpaired) electrons. The van der Waals surface area contributed by atoms with Crippen LogP contribution in [-0.2, 0) is 19.3 Å². The van der Waals surface area contributed by atoms with E-state index in [1.807, 2.05) is 21.9 Å². The van der Waals surface area contributed by atoms with Crippen molar-refractivity contribution in [3.05, 3.63) is 52.2 Å². The van der Waals surface area contributed by atoms with Crippen LogP contribution in [-0.4, -0.2) is 25.0 Å². The fraction of sp³-hybridized carbons (Fsp3) is 0.294. The van der Waals surface area contributed by atoms with Crippen LogP contribution in [0.3, 0.4) is 0 Å². The first-order chi connectivity index (χ1) is 11.4. The highest BCUT2D eigenvalue weighted by atomic mass is 32.1. The molecule has 1 aliphatic carbocycles. The van der Waals surface area contributed by atoms with Crippen molar-refractivity contribution >= 4 is 27.2 Å². The number of aromatic nitrogens is 5. The molecule has 4 aromatic rings. The lowest BCUT2D eigenvalue weighted by Crippen LogP contribution is -2.05. The first kappa shape index (κ1) is 13.1. The second kappa shape index (κ2) is 5.09. The molecule has 0 fully saturated rings. The summed E-state index contributed by atoms with van der Waals surface area (Å²) < 4.78 is 1.82. The number of thiophene rings is 1. The Morgan fingerprint density at radius 1 is 1.09 bits per heavy atom. The summed E-state index contributed by atoms with van der Waals surface area (Å²) in [4.78, 5) is 7.48. The van der Waals surface area contributed by atoms with Gasteiger partial charge in [0.2, 0.25) is 0 Å². The molecule has 0 spiro atoms. The van der Waals surface area contributed by atoms with Gasteiger partial charge in [-0.15, -0.1) is 16.4 Å². The van der Waals surface area contributed by atoms with E-state index in [-0.39, 0.29) is 0 Å². The average molecular weight is 321 g/mol. The topological polar surface area (TPSA) is 56.0 Å². The van der Waals surface area contributed by atoms with Crippen LogP contribution in [0.4, 0.5) is 0 Å². The number of benzene rings is 1. The molecule has 23 heavy (non-hydrogen) atoms. The van der Waals surface area contributed by atoms with Crippen LogP contribution in [0.2, 0.25) is 0 Å². The summed E-state index contributed by atoms with van der Waals surface area (Å²) in [5, 5.41) is 13.6. The fourth-order valence-electron chi connectivity index (χ4n) is 3.44. The van der Waals surface area contributed by atoms with Crippen molar-refractivity contribution in [3.63, 3.8) is 0 Å². The molecule has 0 saturated heterocycles. The quantitative estimate of drug-likeness (QED) is 0.569. The Morgan fingerprint density at radius 3 is 2.87 bits per heavy atom. The summed E-state index contributed by atoms with van der Waals surface area (Å²) in [6, 6.07) is 10.4. The molecule has 0 saturated carbocycles. The Morgan fingerprint density at radius 2 is 1.96 bits per heavy atom. The smallest absolute Gasteiger partial charge is 0.191 e. The highest BCUT2D eigenvalue weighted by Gasteiger charge is 2.22. The first-order valence-corrected chi connectivity index (χ1v) is 8.77. The second-order valence-corrected chi connectivity index (χ2v) is 7.08. The fourth-order valence-corrected chi connectivity index (χ4v) is 4.71. The Hall–Kier alpha value is -2.34. The molecule has 1 aromatic carbocycles. The Labute approximate surface area is 137 Å². The normalized spacial score (nSPS) is 14.4. The summed E-state index contributed by atoms with van der Waals surface area (Å²) >= 11 is 1.82. The Balaban J connectivity index is 1.75. The van der Waals surface area contributed by atoms with E-state index >= 15 is 0 Å². The summed E-state index contributed by atoms with van der Waals surface area (Å²) in [6.45, 7) is 0. The molecule has 0 atom stereocenters. The van der Waals surface area contributed by atoms with Crippen LogP contribution < -0.4 is 0 Å². The van der Waals surface area contributed by atoms with Gasteiger partial charge in [-0.05, 0) is 47.2 Å². The first-order valence-electron chi connectivity index (χ1n) is 7.95. The zero-order chi connectivity index (χ0) is 15.2. The monoisotopic (exact) mass is 321 g/mol. The van der Waals surface area contributed by atoms with Gasteiger partial charge < -0.3 is 0 Å². The van der Waals surface area contributed by atoms with Crippen LogP contribution >= 0.6 is 11.3 Å². The molecular weight excluding hydrogens is 306 g/mol. The second-order valence-electron chi connectivity index (χ2n) is 6.00. The minimum Gasteiger partial charge on any atom is -0.221 e.